The van der Waals surface area contributed by atoms with E-state index < -0.39 is 0 Å². The van der Waals surface area contributed by atoms with Crippen LogP contribution in [0.25, 0.3) is 0 Å². The van der Waals surface area contributed by atoms with E-state index in [1.807, 2.05) is 29.2 Å². The van der Waals surface area contributed by atoms with Gasteiger partial charge in [0.25, 0.3) is 0 Å². The maximum Gasteiger partial charge on any atom is 0.227 e. The van der Waals surface area contributed by atoms with Crippen LogP contribution in [0.3, 0.4) is 0 Å². The van der Waals surface area contributed by atoms with Crippen molar-refractivity contribution in [3.63, 3.8) is 0 Å². The van der Waals surface area contributed by atoms with Crippen molar-refractivity contribution in [1.29, 1.82) is 0 Å². The van der Waals surface area contributed by atoms with Gasteiger partial charge >= 0.3 is 0 Å². The normalized spacial score (nSPS) is 17.4. The van der Waals surface area contributed by atoms with E-state index in [1.54, 1.807) is 12.1 Å². The molecule has 108 valence electrons. The standard InChI is InChI=1S/C17H15ClFNO/c18-14-5-3-13(4-6-14)16-9-10-20(16)17(21)11-12-1-7-15(19)8-2-12/h1-8,16H,9-11H2. The smallest absolute Gasteiger partial charge is 0.227 e. The molecular formula is C17H15ClFNO. The van der Waals surface area contributed by atoms with E-state index in [-0.39, 0.29) is 17.8 Å². The summed E-state index contributed by atoms with van der Waals surface area (Å²) in [7, 11) is 0. The minimum absolute atomic E-state index is 0.0767. The van der Waals surface area contributed by atoms with Crippen LogP contribution in [0.1, 0.15) is 23.6 Å². The van der Waals surface area contributed by atoms with Crippen LogP contribution in [0.4, 0.5) is 4.39 Å². The number of amides is 1. The Morgan fingerprint density at radius 3 is 2.38 bits per heavy atom. The van der Waals surface area contributed by atoms with Crippen LogP contribution in [0, 0.1) is 5.82 Å². The first kappa shape index (κ1) is 14.1. The molecule has 1 atom stereocenters. The van der Waals surface area contributed by atoms with Gasteiger partial charge < -0.3 is 4.90 Å². The van der Waals surface area contributed by atoms with Crippen molar-refractivity contribution in [1.82, 2.24) is 4.90 Å². The Kier molecular flexibility index (Phi) is 3.93. The van der Waals surface area contributed by atoms with E-state index in [0.29, 0.717) is 11.4 Å². The van der Waals surface area contributed by atoms with Gasteiger partial charge in [0.1, 0.15) is 5.82 Å². The molecule has 1 fully saturated rings. The average molecular weight is 304 g/mol. The molecule has 0 spiro atoms. The fourth-order valence-electron chi connectivity index (χ4n) is 2.60. The summed E-state index contributed by atoms with van der Waals surface area (Å²) in [6, 6.07) is 13.8. The summed E-state index contributed by atoms with van der Waals surface area (Å²) in [5, 5.41) is 0.697. The van der Waals surface area contributed by atoms with Crippen molar-refractivity contribution in [2.75, 3.05) is 6.54 Å². The quantitative estimate of drug-likeness (QED) is 0.839. The Morgan fingerprint density at radius 2 is 1.81 bits per heavy atom. The molecule has 0 aliphatic carbocycles. The third kappa shape index (κ3) is 3.08. The lowest BCUT2D eigenvalue weighted by Gasteiger charge is -2.41. The fourth-order valence-corrected chi connectivity index (χ4v) is 2.72. The lowest BCUT2D eigenvalue weighted by Crippen LogP contribution is -2.45. The first-order valence-corrected chi connectivity index (χ1v) is 7.30. The van der Waals surface area contributed by atoms with E-state index >= 15 is 0 Å². The lowest BCUT2D eigenvalue weighted by molar-refractivity contribution is -0.138. The van der Waals surface area contributed by atoms with Crippen molar-refractivity contribution >= 4 is 17.5 Å². The first-order valence-electron chi connectivity index (χ1n) is 6.93. The molecule has 2 aromatic carbocycles. The second kappa shape index (κ2) is 5.86. The summed E-state index contributed by atoms with van der Waals surface area (Å²) in [6.07, 6.45) is 1.28. The van der Waals surface area contributed by atoms with Crippen LogP contribution in [-0.2, 0) is 11.2 Å². The Morgan fingerprint density at radius 1 is 1.14 bits per heavy atom. The fraction of sp³-hybridized carbons (Fsp3) is 0.235. The minimum atomic E-state index is -0.283. The number of halogens is 2. The molecule has 1 heterocycles. The molecule has 0 saturated carbocycles. The maximum absolute atomic E-state index is 12.9. The summed E-state index contributed by atoms with van der Waals surface area (Å²) in [4.78, 5) is 14.2. The molecule has 4 heteroatoms. The van der Waals surface area contributed by atoms with Gasteiger partial charge in [0.15, 0.2) is 0 Å². The largest absolute Gasteiger partial charge is 0.335 e. The third-order valence-corrected chi connectivity index (χ3v) is 4.12. The van der Waals surface area contributed by atoms with Crippen LogP contribution in [-0.4, -0.2) is 17.4 Å². The summed E-state index contributed by atoms with van der Waals surface area (Å²) in [5.41, 5.74) is 1.95. The Hall–Kier alpha value is -1.87. The van der Waals surface area contributed by atoms with Crippen LogP contribution >= 0.6 is 11.6 Å². The monoisotopic (exact) mass is 303 g/mol. The maximum atomic E-state index is 12.9. The van der Waals surface area contributed by atoms with Gasteiger partial charge in [-0.05, 0) is 41.8 Å². The van der Waals surface area contributed by atoms with Crippen molar-refractivity contribution < 1.29 is 9.18 Å². The molecule has 2 aromatic rings. The number of hydrogen-bond acceptors (Lipinski definition) is 1. The molecule has 2 nitrogen and oxygen atoms in total. The second-order valence-electron chi connectivity index (χ2n) is 5.25. The summed E-state index contributed by atoms with van der Waals surface area (Å²) < 4.78 is 12.9. The molecule has 21 heavy (non-hydrogen) atoms. The number of carbonyl (C=O) groups excluding carboxylic acids is 1. The summed E-state index contributed by atoms with van der Waals surface area (Å²) in [5.74, 6) is -0.206. The van der Waals surface area contributed by atoms with Gasteiger partial charge in [-0.25, -0.2) is 4.39 Å². The highest BCUT2D eigenvalue weighted by molar-refractivity contribution is 6.30. The molecule has 0 N–H and O–H groups in total. The zero-order valence-electron chi connectivity index (χ0n) is 11.4. The molecule has 1 unspecified atom stereocenters. The zero-order valence-corrected chi connectivity index (χ0v) is 12.2. The number of likely N-dealkylation sites (tertiary alicyclic amines) is 1. The van der Waals surface area contributed by atoms with Crippen LogP contribution in [0.15, 0.2) is 48.5 Å². The van der Waals surface area contributed by atoms with E-state index in [9.17, 15) is 9.18 Å². The predicted molar refractivity (Wildman–Crippen MR) is 80.6 cm³/mol. The minimum Gasteiger partial charge on any atom is -0.335 e. The van der Waals surface area contributed by atoms with Crippen LogP contribution < -0.4 is 0 Å². The highest BCUT2D eigenvalue weighted by atomic mass is 35.5. The zero-order chi connectivity index (χ0) is 14.8. The SMILES string of the molecule is O=C(Cc1ccc(F)cc1)N1CCC1c1ccc(Cl)cc1. The molecule has 0 radical (unpaired) electrons. The average Bonchev–Trinajstić information content (AvgIpc) is 2.42. The van der Waals surface area contributed by atoms with Crippen molar-refractivity contribution in [3.05, 3.63) is 70.5 Å². The topological polar surface area (TPSA) is 20.3 Å². The van der Waals surface area contributed by atoms with Crippen molar-refractivity contribution in [3.8, 4) is 0 Å². The second-order valence-corrected chi connectivity index (χ2v) is 5.68. The molecule has 1 saturated heterocycles. The number of carbonyl (C=O) groups is 1. The van der Waals surface area contributed by atoms with Gasteiger partial charge in [0.2, 0.25) is 5.91 Å². The van der Waals surface area contributed by atoms with E-state index in [2.05, 4.69) is 0 Å². The Balaban J connectivity index is 1.67. The molecule has 0 aromatic heterocycles. The van der Waals surface area contributed by atoms with E-state index in [0.717, 1.165) is 24.1 Å². The van der Waals surface area contributed by atoms with Crippen molar-refractivity contribution in [2.24, 2.45) is 0 Å². The van der Waals surface area contributed by atoms with E-state index in [4.69, 9.17) is 11.6 Å². The van der Waals surface area contributed by atoms with E-state index in [1.165, 1.54) is 12.1 Å². The van der Waals surface area contributed by atoms with Gasteiger partial charge in [0.05, 0.1) is 12.5 Å². The highest BCUT2D eigenvalue weighted by Gasteiger charge is 2.32. The van der Waals surface area contributed by atoms with Crippen LogP contribution in [0.5, 0.6) is 0 Å². The molecular weight excluding hydrogens is 289 g/mol. The van der Waals surface area contributed by atoms with Crippen LogP contribution in [0.2, 0.25) is 5.02 Å². The first-order chi connectivity index (χ1) is 10.1. The number of rotatable bonds is 3. The molecule has 1 aliphatic heterocycles. The summed E-state index contributed by atoms with van der Waals surface area (Å²) >= 11 is 5.89. The van der Waals surface area contributed by atoms with Gasteiger partial charge in [-0.3, -0.25) is 4.79 Å². The molecule has 0 bridgehead atoms. The molecule has 1 aliphatic rings. The lowest BCUT2D eigenvalue weighted by atomic mass is 9.94. The predicted octanol–water partition coefficient (Wildman–Crippen LogP) is 4.00. The number of benzene rings is 2. The Bertz CT molecular complexity index is 639. The van der Waals surface area contributed by atoms with Gasteiger partial charge in [0, 0.05) is 11.6 Å². The summed E-state index contributed by atoms with van der Waals surface area (Å²) in [6.45, 7) is 0.771. The van der Waals surface area contributed by atoms with Gasteiger partial charge in [-0.15, -0.1) is 0 Å². The van der Waals surface area contributed by atoms with Crippen molar-refractivity contribution in [2.45, 2.75) is 18.9 Å². The molecule has 3 rings (SSSR count). The number of nitrogens with zero attached hydrogens (tertiary/aromatic N) is 1. The van der Waals surface area contributed by atoms with Gasteiger partial charge in [-0.1, -0.05) is 35.9 Å². The number of hydrogen-bond donors (Lipinski definition) is 0. The highest BCUT2D eigenvalue weighted by Crippen LogP contribution is 2.34. The van der Waals surface area contributed by atoms with Gasteiger partial charge in [-0.2, -0.15) is 0 Å². The third-order valence-electron chi connectivity index (χ3n) is 3.86. The molecule has 1 amide bonds. The Labute approximate surface area is 128 Å².